The van der Waals surface area contributed by atoms with Crippen LogP contribution in [0.3, 0.4) is 0 Å². The lowest BCUT2D eigenvalue weighted by Gasteiger charge is -2.28. The van der Waals surface area contributed by atoms with Gasteiger partial charge in [-0.1, -0.05) is 19.4 Å². The molecule has 0 unspecified atom stereocenters. The van der Waals surface area contributed by atoms with Crippen molar-refractivity contribution in [1.29, 1.82) is 0 Å². The number of nitrogens with zero attached hydrogens (tertiary/aromatic N) is 3. The highest BCUT2D eigenvalue weighted by molar-refractivity contribution is 5.91. The van der Waals surface area contributed by atoms with E-state index in [-0.39, 0.29) is 19.2 Å². The van der Waals surface area contributed by atoms with Gasteiger partial charge in [0.1, 0.15) is 11.6 Å². The molecule has 35 heavy (non-hydrogen) atoms. The van der Waals surface area contributed by atoms with Gasteiger partial charge < -0.3 is 35.4 Å². The molecule has 4 N–H and O–H groups in total. The summed E-state index contributed by atoms with van der Waals surface area (Å²) in [5, 5.41) is 25.2. The van der Waals surface area contributed by atoms with Crippen LogP contribution in [0.25, 0.3) is 11.1 Å². The largest absolute Gasteiger partial charge is 0.394 e. The van der Waals surface area contributed by atoms with Crippen LogP contribution in [0, 0.1) is 12.8 Å². The van der Waals surface area contributed by atoms with Crippen LogP contribution in [0.1, 0.15) is 25.3 Å². The van der Waals surface area contributed by atoms with Crippen molar-refractivity contribution in [1.82, 2.24) is 9.88 Å². The summed E-state index contributed by atoms with van der Waals surface area (Å²) in [6, 6.07) is 9.89. The Morgan fingerprint density at radius 1 is 1.23 bits per heavy atom. The van der Waals surface area contributed by atoms with Crippen molar-refractivity contribution < 1.29 is 19.7 Å². The van der Waals surface area contributed by atoms with E-state index < -0.39 is 6.10 Å². The lowest BCUT2D eigenvalue weighted by molar-refractivity contribution is 0.105. The minimum Gasteiger partial charge on any atom is -0.394 e. The molecule has 0 aliphatic carbocycles. The Labute approximate surface area is 207 Å². The van der Waals surface area contributed by atoms with Crippen LogP contribution in [-0.2, 0) is 4.74 Å². The first-order chi connectivity index (χ1) is 17.0. The smallest absolute Gasteiger partial charge is 0.321 e. The van der Waals surface area contributed by atoms with Gasteiger partial charge in [-0.3, -0.25) is 0 Å². The Bertz CT molecular complexity index is 1010. The number of benzene rings is 1. The molecule has 0 bridgehead atoms. The highest BCUT2D eigenvalue weighted by atomic mass is 16.5. The van der Waals surface area contributed by atoms with E-state index in [2.05, 4.69) is 28.5 Å². The number of rotatable bonds is 8. The monoisotopic (exact) mass is 483 g/mol. The molecule has 1 aromatic carbocycles. The Kier molecular flexibility index (Phi) is 8.43. The molecule has 0 spiro atoms. The van der Waals surface area contributed by atoms with Gasteiger partial charge in [0.15, 0.2) is 0 Å². The number of anilines is 3. The fourth-order valence-electron chi connectivity index (χ4n) is 4.57. The minimum atomic E-state index is -0.870. The fourth-order valence-corrected chi connectivity index (χ4v) is 4.57. The molecule has 2 fully saturated rings. The molecule has 2 aliphatic rings. The van der Waals surface area contributed by atoms with Gasteiger partial charge in [-0.15, -0.1) is 0 Å². The number of likely N-dealkylation sites (tertiary alicyclic amines) is 1. The van der Waals surface area contributed by atoms with E-state index in [0.29, 0.717) is 24.9 Å². The van der Waals surface area contributed by atoms with Crippen molar-refractivity contribution in [3.05, 3.63) is 35.9 Å². The zero-order chi connectivity index (χ0) is 24.8. The summed E-state index contributed by atoms with van der Waals surface area (Å²) >= 11 is 0. The molecular formula is C26H37N5O4. The quantitative estimate of drug-likeness (QED) is 0.457. The molecule has 0 saturated carbocycles. The number of amides is 2. The number of hydrogen-bond acceptors (Lipinski definition) is 7. The number of hydrogen-bond donors (Lipinski definition) is 4. The first kappa shape index (κ1) is 25.2. The van der Waals surface area contributed by atoms with Crippen LogP contribution < -0.4 is 15.5 Å². The molecule has 4 rings (SSSR count). The van der Waals surface area contributed by atoms with Crippen LogP contribution in [0.5, 0.6) is 0 Å². The van der Waals surface area contributed by atoms with Crippen molar-refractivity contribution in [2.45, 2.75) is 32.8 Å². The maximum Gasteiger partial charge on any atom is 0.321 e. The number of aliphatic hydroxyl groups is 2. The molecule has 9 nitrogen and oxygen atoms in total. The molecule has 2 aromatic rings. The predicted octanol–water partition coefficient (Wildman–Crippen LogP) is 2.92. The molecule has 2 amide bonds. The van der Waals surface area contributed by atoms with Crippen LogP contribution in [-0.4, -0.2) is 84.8 Å². The molecule has 0 radical (unpaired) electrons. The molecule has 1 aromatic heterocycles. The van der Waals surface area contributed by atoms with Crippen LogP contribution in [0.4, 0.5) is 22.1 Å². The summed E-state index contributed by atoms with van der Waals surface area (Å²) in [6.07, 6.45) is 1.29. The lowest BCUT2D eigenvalue weighted by Crippen LogP contribution is -2.36. The summed E-state index contributed by atoms with van der Waals surface area (Å²) in [4.78, 5) is 21.7. The first-order valence-corrected chi connectivity index (χ1v) is 12.5. The molecule has 9 heteroatoms. The second-order valence-corrected chi connectivity index (χ2v) is 9.38. The number of carbonyl (C=O) groups is 1. The third-order valence-electron chi connectivity index (χ3n) is 6.83. The minimum absolute atomic E-state index is 0.0557. The van der Waals surface area contributed by atoms with Crippen LogP contribution in [0.2, 0.25) is 0 Å². The van der Waals surface area contributed by atoms with Gasteiger partial charge in [0.25, 0.3) is 0 Å². The maximum absolute atomic E-state index is 12.8. The number of aliphatic hydroxyl groups excluding tert-OH is 2. The van der Waals surface area contributed by atoms with Crippen molar-refractivity contribution in [2.75, 3.05) is 68.1 Å². The third-order valence-corrected chi connectivity index (χ3v) is 6.83. The molecule has 2 saturated heterocycles. The van der Waals surface area contributed by atoms with E-state index in [9.17, 15) is 15.0 Å². The Balaban J connectivity index is 1.60. The number of morpholine rings is 1. The number of nitrogens with one attached hydrogen (secondary N) is 2. The van der Waals surface area contributed by atoms with Gasteiger partial charge in [-0.05, 0) is 60.2 Å². The van der Waals surface area contributed by atoms with Gasteiger partial charge in [-0.25, -0.2) is 9.78 Å². The summed E-state index contributed by atoms with van der Waals surface area (Å²) in [5.41, 5.74) is 3.79. The summed E-state index contributed by atoms with van der Waals surface area (Å²) in [7, 11) is 0. The SMILES string of the molecule is CC[C@@H]1CCN(C(=O)Nc2ccc(C)c(-c3cc(NC[C@H](O)CO)nc(N4CCOCC4)c3)c2)C1. The summed E-state index contributed by atoms with van der Waals surface area (Å²) in [6.45, 7) is 8.49. The number of pyridine rings is 1. The zero-order valence-corrected chi connectivity index (χ0v) is 20.7. The second kappa shape index (κ2) is 11.7. The van der Waals surface area contributed by atoms with Crippen molar-refractivity contribution in [2.24, 2.45) is 5.92 Å². The van der Waals surface area contributed by atoms with Gasteiger partial charge in [-0.2, -0.15) is 0 Å². The van der Waals surface area contributed by atoms with E-state index in [0.717, 1.165) is 67.2 Å². The zero-order valence-electron chi connectivity index (χ0n) is 20.7. The maximum atomic E-state index is 12.8. The second-order valence-electron chi connectivity index (χ2n) is 9.38. The molecule has 3 heterocycles. The normalized spacial score (nSPS) is 19.0. The van der Waals surface area contributed by atoms with E-state index in [4.69, 9.17) is 9.72 Å². The van der Waals surface area contributed by atoms with Crippen molar-refractivity contribution in [3.8, 4) is 11.1 Å². The van der Waals surface area contributed by atoms with Gasteiger partial charge in [0.05, 0.1) is 25.9 Å². The number of urea groups is 1. The first-order valence-electron chi connectivity index (χ1n) is 12.5. The highest BCUT2D eigenvalue weighted by Crippen LogP contribution is 2.32. The van der Waals surface area contributed by atoms with Crippen LogP contribution in [0.15, 0.2) is 30.3 Å². The van der Waals surface area contributed by atoms with Gasteiger partial charge >= 0.3 is 6.03 Å². The molecular weight excluding hydrogens is 446 g/mol. The molecule has 2 atom stereocenters. The molecule has 190 valence electrons. The highest BCUT2D eigenvalue weighted by Gasteiger charge is 2.25. The Morgan fingerprint density at radius 2 is 2.03 bits per heavy atom. The van der Waals surface area contributed by atoms with Crippen LogP contribution >= 0.6 is 0 Å². The molecule has 2 aliphatic heterocycles. The third kappa shape index (κ3) is 6.42. The fraction of sp³-hybridized carbons (Fsp3) is 0.538. The van der Waals surface area contributed by atoms with E-state index in [1.165, 1.54) is 0 Å². The predicted molar refractivity (Wildman–Crippen MR) is 138 cm³/mol. The standard InChI is InChI=1S/C26H37N5O4/c1-3-19-6-7-31(16-19)26(34)28-21-5-4-18(2)23(14-21)20-12-24(27-15-22(33)17-32)29-25(13-20)30-8-10-35-11-9-30/h4-5,12-14,19,22,32-33H,3,6-11,15-17H2,1-2H3,(H,27,29)(H,28,34)/t19-,22+/m1/s1. The van der Waals surface area contributed by atoms with Gasteiger partial charge in [0.2, 0.25) is 0 Å². The number of aromatic nitrogens is 1. The van der Waals surface area contributed by atoms with Gasteiger partial charge in [0, 0.05) is 38.4 Å². The van der Waals surface area contributed by atoms with Crippen molar-refractivity contribution in [3.63, 3.8) is 0 Å². The average molecular weight is 484 g/mol. The van der Waals surface area contributed by atoms with E-state index in [1.807, 2.05) is 36.1 Å². The Morgan fingerprint density at radius 3 is 2.74 bits per heavy atom. The number of aryl methyl sites for hydroxylation is 1. The van der Waals surface area contributed by atoms with Crippen molar-refractivity contribution >= 4 is 23.4 Å². The topological polar surface area (TPSA) is 110 Å². The lowest BCUT2D eigenvalue weighted by atomic mass is 10.00. The summed E-state index contributed by atoms with van der Waals surface area (Å²) < 4.78 is 5.50. The van der Waals surface area contributed by atoms with E-state index >= 15 is 0 Å². The number of carbonyl (C=O) groups excluding carboxylic acids is 1. The number of ether oxygens (including phenoxy) is 1. The summed E-state index contributed by atoms with van der Waals surface area (Å²) in [5.74, 6) is 2.02. The van der Waals surface area contributed by atoms with E-state index in [1.54, 1.807) is 0 Å². The Hall–Kier alpha value is -2.88. The average Bonchev–Trinajstić information content (AvgIpc) is 3.38.